The lowest BCUT2D eigenvalue weighted by molar-refractivity contribution is -0.131. The van der Waals surface area contributed by atoms with E-state index in [1.807, 2.05) is 67.6 Å². The van der Waals surface area contributed by atoms with Crippen LogP contribution in [0.15, 0.2) is 60.7 Å². The maximum Gasteiger partial charge on any atom is 0.251 e. The van der Waals surface area contributed by atoms with Gasteiger partial charge in [-0.05, 0) is 71.8 Å². The minimum absolute atomic E-state index is 0.00904. The van der Waals surface area contributed by atoms with Gasteiger partial charge in [-0.2, -0.15) is 0 Å². The van der Waals surface area contributed by atoms with Crippen molar-refractivity contribution in [3.05, 3.63) is 94.0 Å². The van der Waals surface area contributed by atoms with Gasteiger partial charge in [0.1, 0.15) is 6.04 Å². The predicted molar refractivity (Wildman–Crippen MR) is 140 cm³/mol. The van der Waals surface area contributed by atoms with Crippen molar-refractivity contribution in [1.29, 1.82) is 0 Å². The van der Waals surface area contributed by atoms with E-state index in [0.717, 1.165) is 52.0 Å². The fourth-order valence-electron chi connectivity index (χ4n) is 4.78. The first-order valence-electron chi connectivity index (χ1n) is 12.3. The van der Waals surface area contributed by atoms with Gasteiger partial charge >= 0.3 is 0 Å². The summed E-state index contributed by atoms with van der Waals surface area (Å²) in [7, 11) is 1.79. The summed E-state index contributed by atoms with van der Waals surface area (Å²) in [5.41, 5.74) is 7.03. The number of hydrogen-bond acceptors (Lipinski definition) is 4. The molecule has 3 aromatic carbocycles. The molecule has 3 N–H and O–H groups in total. The maximum atomic E-state index is 13.8. The smallest absolute Gasteiger partial charge is 0.251 e. The number of benzene rings is 3. The molecule has 36 heavy (non-hydrogen) atoms. The van der Waals surface area contributed by atoms with Gasteiger partial charge in [-0.15, -0.1) is 0 Å². The zero-order chi connectivity index (χ0) is 25.2. The molecule has 3 heterocycles. The number of anilines is 2. The lowest BCUT2D eigenvalue weighted by Crippen LogP contribution is -2.35. The van der Waals surface area contributed by atoms with Crippen molar-refractivity contribution in [2.24, 2.45) is 0 Å². The van der Waals surface area contributed by atoms with Gasteiger partial charge in [-0.3, -0.25) is 14.4 Å². The number of nitrogens with one attached hydrogen (secondary N) is 3. The molecule has 3 amide bonds. The van der Waals surface area contributed by atoms with Crippen LogP contribution in [0.1, 0.15) is 57.1 Å². The summed E-state index contributed by atoms with van der Waals surface area (Å²) >= 11 is 0. The van der Waals surface area contributed by atoms with Gasteiger partial charge in [-0.1, -0.05) is 36.4 Å². The molecule has 0 aromatic heterocycles. The number of aryl methyl sites for hydroxylation is 2. The topological polar surface area (TPSA) is 90.5 Å². The van der Waals surface area contributed by atoms with Crippen molar-refractivity contribution in [2.75, 3.05) is 17.7 Å². The van der Waals surface area contributed by atoms with Crippen LogP contribution in [0.3, 0.4) is 0 Å². The molecule has 3 aliphatic heterocycles. The standard InChI is InChI=1S/C29H30N4O3/c1-18-6-12-23-14-22(18)17-33(2)29(36)27(32-24-13-11-21-16-30-28(35)25(21)15-24)20-9-7-19(8-10-20)4-3-5-26(34)31-23/h6-15,27,32H,3-5,16-17H2,1-2H3,(H,30,35)(H,31,34)/t27-/m1/s1. The van der Waals surface area contributed by atoms with Gasteiger partial charge < -0.3 is 20.9 Å². The summed E-state index contributed by atoms with van der Waals surface area (Å²) in [4.78, 5) is 40.1. The van der Waals surface area contributed by atoms with Crippen LogP contribution in [0, 0.1) is 6.92 Å². The monoisotopic (exact) mass is 482 g/mol. The fourth-order valence-corrected chi connectivity index (χ4v) is 4.78. The summed E-state index contributed by atoms with van der Waals surface area (Å²) in [6.45, 7) is 2.93. The average Bonchev–Trinajstić information content (AvgIpc) is 3.24. The zero-order valence-corrected chi connectivity index (χ0v) is 20.6. The molecule has 7 nitrogen and oxygen atoms in total. The minimum atomic E-state index is -0.623. The summed E-state index contributed by atoms with van der Waals surface area (Å²) in [6.07, 6.45) is 1.96. The number of carbonyl (C=O) groups is 3. The summed E-state index contributed by atoms with van der Waals surface area (Å²) < 4.78 is 0. The number of likely N-dealkylation sites (N-methyl/N-ethyl adjacent to an activating group) is 1. The van der Waals surface area contributed by atoms with Gasteiger partial charge in [0.15, 0.2) is 0 Å². The van der Waals surface area contributed by atoms with E-state index in [1.54, 1.807) is 11.9 Å². The summed E-state index contributed by atoms with van der Waals surface area (Å²) in [5.74, 6) is -0.194. The molecule has 1 atom stereocenters. The highest BCUT2D eigenvalue weighted by Crippen LogP contribution is 2.27. The molecule has 0 unspecified atom stereocenters. The molecule has 0 saturated heterocycles. The van der Waals surface area contributed by atoms with E-state index in [9.17, 15) is 14.4 Å². The van der Waals surface area contributed by atoms with Crippen LogP contribution >= 0.6 is 0 Å². The Bertz CT molecular complexity index is 1330. The number of amides is 3. The lowest BCUT2D eigenvalue weighted by atomic mass is 9.99. The number of hydrogen-bond donors (Lipinski definition) is 3. The van der Waals surface area contributed by atoms with E-state index in [-0.39, 0.29) is 17.7 Å². The van der Waals surface area contributed by atoms with Crippen LogP contribution in [0.4, 0.5) is 11.4 Å². The van der Waals surface area contributed by atoms with Gasteiger partial charge in [0.2, 0.25) is 11.8 Å². The molecule has 6 rings (SSSR count). The van der Waals surface area contributed by atoms with Crippen molar-refractivity contribution >= 4 is 29.1 Å². The molecule has 7 heteroatoms. The molecule has 0 fully saturated rings. The Morgan fingerprint density at radius 2 is 1.72 bits per heavy atom. The number of carbonyl (C=O) groups excluding carboxylic acids is 3. The van der Waals surface area contributed by atoms with Crippen LogP contribution in [0.25, 0.3) is 0 Å². The Hall–Kier alpha value is -4.13. The minimum Gasteiger partial charge on any atom is -0.370 e. The van der Waals surface area contributed by atoms with Crippen LogP contribution in [0.2, 0.25) is 0 Å². The van der Waals surface area contributed by atoms with E-state index in [2.05, 4.69) is 16.0 Å². The van der Waals surface area contributed by atoms with Gasteiger partial charge in [0.05, 0.1) is 0 Å². The average molecular weight is 483 g/mol. The number of rotatable bonds is 2. The van der Waals surface area contributed by atoms with Crippen molar-refractivity contribution in [2.45, 2.75) is 45.3 Å². The Morgan fingerprint density at radius 1 is 0.917 bits per heavy atom. The third kappa shape index (κ3) is 4.96. The number of nitrogens with zero attached hydrogens (tertiary/aromatic N) is 1. The van der Waals surface area contributed by atoms with Crippen LogP contribution in [-0.4, -0.2) is 29.7 Å². The second-order valence-electron chi connectivity index (χ2n) is 9.61. The second kappa shape index (κ2) is 9.85. The van der Waals surface area contributed by atoms with Crippen LogP contribution in [-0.2, 0) is 29.1 Å². The first-order chi connectivity index (χ1) is 17.4. The molecule has 184 valence electrons. The Balaban J connectivity index is 1.49. The first-order valence-corrected chi connectivity index (χ1v) is 12.3. The van der Waals surface area contributed by atoms with Gasteiger partial charge in [0, 0.05) is 43.5 Å². The van der Waals surface area contributed by atoms with Gasteiger partial charge in [0.25, 0.3) is 5.91 Å². The van der Waals surface area contributed by atoms with Crippen molar-refractivity contribution in [3.63, 3.8) is 0 Å². The molecule has 0 radical (unpaired) electrons. The first kappa shape index (κ1) is 23.6. The lowest BCUT2D eigenvalue weighted by Gasteiger charge is -2.27. The molecule has 0 aliphatic carbocycles. The fraction of sp³-hybridized carbons (Fsp3) is 0.276. The van der Waals surface area contributed by atoms with Crippen molar-refractivity contribution in [3.8, 4) is 0 Å². The van der Waals surface area contributed by atoms with Crippen molar-refractivity contribution in [1.82, 2.24) is 10.2 Å². The second-order valence-corrected chi connectivity index (χ2v) is 9.61. The Labute approximate surface area is 210 Å². The molecular formula is C29H30N4O3. The van der Waals surface area contributed by atoms with E-state index >= 15 is 0 Å². The Kier molecular flexibility index (Phi) is 6.46. The highest BCUT2D eigenvalue weighted by Gasteiger charge is 2.26. The van der Waals surface area contributed by atoms with E-state index in [1.165, 1.54) is 0 Å². The van der Waals surface area contributed by atoms with Gasteiger partial charge in [-0.25, -0.2) is 0 Å². The van der Waals surface area contributed by atoms with Crippen LogP contribution in [0.5, 0.6) is 0 Å². The molecule has 3 aromatic rings. The largest absolute Gasteiger partial charge is 0.370 e. The third-order valence-electron chi connectivity index (χ3n) is 6.95. The Morgan fingerprint density at radius 3 is 2.53 bits per heavy atom. The maximum absolute atomic E-state index is 13.8. The van der Waals surface area contributed by atoms with E-state index in [4.69, 9.17) is 0 Å². The molecule has 0 spiro atoms. The highest BCUT2D eigenvalue weighted by molar-refractivity contribution is 5.99. The van der Waals surface area contributed by atoms with E-state index in [0.29, 0.717) is 25.1 Å². The van der Waals surface area contributed by atoms with E-state index < -0.39 is 6.04 Å². The molecule has 0 saturated carbocycles. The molecule has 4 bridgehead atoms. The summed E-state index contributed by atoms with van der Waals surface area (Å²) in [5, 5.41) is 9.22. The van der Waals surface area contributed by atoms with Crippen molar-refractivity contribution < 1.29 is 14.4 Å². The van der Waals surface area contributed by atoms with Crippen LogP contribution < -0.4 is 16.0 Å². The summed E-state index contributed by atoms with van der Waals surface area (Å²) in [6, 6.07) is 18.8. The molecular weight excluding hydrogens is 452 g/mol. The predicted octanol–water partition coefficient (Wildman–Crippen LogP) is 4.33. The SMILES string of the molecule is Cc1ccc2cc1CN(C)C(=O)[C@H](Nc1ccc3c(c1)C(=O)NC3)c1ccc(cc1)CCCC(=O)N2. The third-order valence-corrected chi connectivity index (χ3v) is 6.95. The quantitative estimate of drug-likeness (QED) is 0.507. The molecule has 3 aliphatic rings. The number of fused-ring (bicyclic) bond motifs is 10. The normalized spacial score (nSPS) is 18.0. The zero-order valence-electron chi connectivity index (χ0n) is 20.6. The highest BCUT2D eigenvalue weighted by atomic mass is 16.2.